The maximum atomic E-state index is 11.4. The number of aliphatic hydroxyl groups excluding tert-OH is 1. The Morgan fingerprint density at radius 2 is 2.20 bits per heavy atom. The smallest absolute Gasteiger partial charge is 0.243 e. The van der Waals surface area contributed by atoms with E-state index in [4.69, 9.17) is 5.11 Å². The van der Waals surface area contributed by atoms with Crippen molar-refractivity contribution in [2.45, 2.75) is 6.42 Å². The van der Waals surface area contributed by atoms with Crippen LogP contribution in [0, 0.1) is 0 Å². The molecule has 0 unspecified atom stereocenters. The Morgan fingerprint density at radius 1 is 1.40 bits per heavy atom. The van der Waals surface area contributed by atoms with Gasteiger partial charge in [-0.2, -0.15) is 0 Å². The van der Waals surface area contributed by atoms with E-state index >= 15 is 0 Å². The van der Waals surface area contributed by atoms with Crippen LogP contribution in [0.5, 0.6) is 0 Å². The van der Waals surface area contributed by atoms with Gasteiger partial charge < -0.3 is 15.3 Å². The number of fused-ring (bicyclic) bond motifs is 1. The van der Waals surface area contributed by atoms with Crippen LogP contribution in [-0.4, -0.2) is 30.7 Å². The first-order valence-electron chi connectivity index (χ1n) is 5.06. The molecule has 0 spiro atoms. The number of rotatable bonds is 3. The van der Waals surface area contributed by atoms with Gasteiger partial charge in [-0.3, -0.25) is 4.79 Å². The predicted octanol–water partition coefficient (Wildman–Crippen LogP) is 0.827. The van der Waals surface area contributed by atoms with Crippen molar-refractivity contribution in [2.75, 3.05) is 29.9 Å². The first-order valence-corrected chi connectivity index (χ1v) is 5.06. The molecular weight excluding hydrogens is 192 g/mol. The highest BCUT2D eigenvalue weighted by atomic mass is 16.3. The van der Waals surface area contributed by atoms with Crippen molar-refractivity contribution < 1.29 is 9.90 Å². The minimum Gasteiger partial charge on any atom is -0.396 e. The van der Waals surface area contributed by atoms with Gasteiger partial charge in [-0.05, 0) is 18.6 Å². The highest BCUT2D eigenvalue weighted by Gasteiger charge is 2.20. The zero-order valence-electron chi connectivity index (χ0n) is 8.44. The third kappa shape index (κ3) is 2.10. The first-order chi connectivity index (χ1) is 7.31. The second-order valence-electron chi connectivity index (χ2n) is 3.56. The number of amides is 1. The average molecular weight is 206 g/mol. The fourth-order valence-electron chi connectivity index (χ4n) is 1.76. The van der Waals surface area contributed by atoms with E-state index in [1.54, 1.807) is 0 Å². The molecule has 0 saturated carbocycles. The Morgan fingerprint density at radius 3 is 3.00 bits per heavy atom. The minimum atomic E-state index is 0.00615. The summed E-state index contributed by atoms with van der Waals surface area (Å²) in [5, 5.41) is 11.6. The van der Waals surface area contributed by atoms with Gasteiger partial charge in [-0.1, -0.05) is 12.1 Å². The van der Waals surface area contributed by atoms with Gasteiger partial charge in [0.1, 0.15) is 0 Å². The Labute approximate surface area is 88.5 Å². The van der Waals surface area contributed by atoms with Crippen LogP contribution in [0.1, 0.15) is 6.42 Å². The fraction of sp³-hybridized carbons (Fsp3) is 0.364. The van der Waals surface area contributed by atoms with Crippen LogP contribution in [0.4, 0.5) is 11.4 Å². The molecule has 0 atom stereocenters. The van der Waals surface area contributed by atoms with E-state index in [1.165, 1.54) is 0 Å². The van der Waals surface area contributed by atoms with Gasteiger partial charge in [0.05, 0.1) is 17.9 Å². The van der Waals surface area contributed by atoms with Gasteiger partial charge in [0.15, 0.2) is 0 Å². The van der Waals surface area contributed by atoms with Crippen molar-refractivity contribution in [3.63, 3.8) is 0 Å². The van der Waals surface area contributed by atoms with Gasteiger partial charge in [-0.25, -0.2) is 0 Å². The molecule has 0 aromatic heterocycles. The number of hydrogen-bond donors (Lipinski definition) is 2. The monoisotopic (exact) mass is 206 g/mol. The van der Waals surface area contributed by atoms with E-state index in [9.17, 15) is 4.79 Å². The molecular formula is C11H14N2O2. The Balaban J connectivity index is 2.22. The van der Waals surface area contributed by atoms with Crippen molar-refractivity contribution in [2.24, 2.45) is 0 Å². The Bertz CT molecular complexity index is 365. The molecule has 0 radical (unpaired) electrons. The summed E-state index contributed by atoms with van der Waals surface area (Å²) in [7, 11) is 0. The molecule has 1 aliphatic rings. The lowest BCUT2D eigenvalue weighted by Gasteiger charge is -2.30. The van der Waals surface area contributed by atoms with Gasteiger partial charge in [0.25, 0.3) is 0 Å². The lowest BCUT2D eigenvalue weighted by Crippen LogP contribution is -2.38. The summed E-state index contributed by atoms with van der Waals surface area (Å²) in [5.41, 5.74) is 1.89. The molecule has 1 aromatic rings. The molecule has 1 aromatic carbocycles. The highest BCUT2D eigenvalue weighted by Crippen LogP contribution is 2.28. The number of para-hydroxylation sites is 2. The van der Waals surface area contributed by atoms with Crippen molar-refractivity contribution in [3.8, 4) is 0 Å². The number of carbonyl (C=O) groups excluding carboxylic acids is 1. The van der Waals surface area contributed by atoms with Gasteiger partial charge >= 0.3 is 0 Å². The van der Waals surface area contributed by atoms with Crippen molar-refractivity contribution >= 4 is 17.3 Å². The van der Waals surface area contributed by atoms with Gasteiger partial charge in [-0.15, -0.1) is 0 Å². The average Bonchev–Trinajstić information content (AvgIpc) is 2.25. The summed E-state index contributed by atoms with van der Waals surface area (Å²) in [5.74, 6) is 0.00615. The van der Waals surface area contributed by atoms with E-state index in [0.29, 0.717) is 19.5 Å². The van der Waals surface area contributed by atoms with E-state index in [-0.39, 0.29) is 12.5 Å². The van der Waals surface area contributed by atoms with Gasteiger partial charge in [0, 0.05) is 13.2 Å². The second kappa shape index (κ2) is 4.31. The number of benzene rings is 1. The highest BCUT2D eigenvalue weighted by molar-refractivity contribution is 6.01. The summed E-state index contributed by atoms with van der Waals surface area (Å²) in [4.78, 5) is 13.4. The lowest BCUT2D eigenvalue weighted by atomic mass is 10.2. The van der Waals surface area contributed by atoms with Crippen LogP contribution in [0.2, 0.25) is 0 Å². The van der Waals surface area contributed by atoms with E-state index in [0.717, 1.165) is 11.4 Å². The topological polar surface area (TPSA) is 52.6 Å². The zero-order chi connectivity index (χ0) is 10.7. The van der Waals surface area contributed by atoms with Crippen molar-refractivity contribution in [3.05, 3.63) is 24.3 Å². The van der Waals surface area contributed by atoms with Crippen LogP contribution in [-0.2, 0) is 4.79 Å². The van der Waals surface area contributed by atoms with Crippen LogP contribution in [0.25, 0.3) is 0 Å². The van der Waals surface area contributed by atoms with E-state index in [2.05, 4.69) is 5.32 Å². The Kier molecular flexibility index (Phi) is 2.87. The molecule has 0 saturated heterocycles. The van der Waals surface area contributed by atoms with Gasteiger partial charge in [0.2, 0.25) is 5.91 Å². The fourth-order valence-corrected chi connectivity index (χ4v) is 1.76. The molecule has 1 aliphatic heterocycles. The van der Waals surface area contributed by atoms with Crippen LogP contribution in [0.15, 0.2) is 24.3 Å². The summed E-state index contributed by atoms with van der Waals surface area (Å²) in [6, 6.07) is 7.71. The van der Waals surface area contributed by atoms with Crippen LogP contribution in [0.3, 0.4) is 0 Å². The third-order valence-electron chi connectivity index (χ3n) is 2.44. The molecule has 15 heavy (non-hydrogen) atoms. The van der Waals surface area contributed by atoms with Crippen molar-refractivity contribution in [1.82, 2.24) is 0 Å². The normalized spacial score (nSPS) is 14.7. The molecule has 1 heterocycles. The molecule has 2 rings (SSSR count). The third-order valence-corrected chi connectivity index (χ3v) is 2.44. The second-order valence-corrected chi connectivity index (χ2v) is 3.56. The van der Waals surface area contributed by atoms with Crippen molar-refractivity contribution in [1.29, 1.82) is 0 Å². The number of nitrogens with one attached hydrogen (secondary N) is 1. The number of hydrogen-bond acceptors (Lipinski definition) is 3. The maximum absolute atomic E-state index is 11.4. The minimum absolute atomic E-state index is 0.00615. The molecule has 0 fully saturated rings. The molecule has 4 heteroatoms. The summed E-state index contributed by atoms with van der Waals surface area (Å²) < 4.78 is 0. The standard InChI is InChI=1S/C11H14N2O2/c14-7-3-6-13-8-11(15)12-9-4-1-2-5-10(9)13/h1-2,4-5,14H,3,6-8H2,(H,12,15). The SMILES string of the molecule is O=C1CN(CCCO)c2ccccc2N1. The first kappa shape index (κ1) is 9.98. The maximum Gasteiger partial charge on any atom is 0.243 e. The molecule has 0 bridgehead atoms. The molecule has 4 nitrogen and oxygen atoms in total. The zero-order valence-corrected chi connectivity index (χ0v) is 8.44. The summed E-state index contributed by atoms with van der Waals surface area (Å²) >= 11 is 0. The molecule has 0 aliphatic carbocycles. The summed E-state index contributed by atoms with van der Waals surface area (Å²) in [6.07, 6.45) is 0.682. The molecule has 1 amide bonds. The molecule has 80 valence electrons. The van der Waals surface area contributed by atoms with E-state index in [1.807, 2.05) is 29.2 Å². The number of aliphatic hydroxyl groups is 1. The Hall–Kier alpha value is -1.55. The summed E-state index contributed by atoms with van der Waals surface area (Å²) in [6.45, 7) is 1.23. The van der Waals surface area contributed by atoms with E-state index < -0.39 is 0 Å². The number of nitrogens with zero attached hydrogens (tertiary/aromatic N) is 1. The lowest BCUT2D eigenvalue weighted by molar-refractivity contribution is -0.115. The number of carbonyl (C=O) groups is 1. The predicted molar refractivity (Wildman–Crippen MR) is 59.0 cm³/mol. The van der Waals surface area contributed by atoms with Crippen LogP contribution < -0.4 is 10.2 Å². The molecule has 2 N–H and O–H groups in total. The number of anilines is 2. The quantitative estimate of drug-likeness (QED) is 0.770. The van der Waals surface area contributed by atoms with Crippen LogP contribution >= 0.6 is 0 Å². The largest absolute Gasteiger partial charge is 0.396 e.